The Hall–Kier alpha value is -1.35. The summed E-state index contributed by atoms with van der Waals surface area (Å²) in [5.41, 5.74) is 1.31. The van der Waals surface area contributed by atoms with Crippen molar-refractivity contribution in [3.8, 4) is 11.8 Å². The van der Waals surface area contributed by atoms with Gasteiger partial charge in [-0.1, -0.05) is 17.9 Å². The van der Waals surface area contributed by atoms with E-state index in [1.165, 1.54) is 0 Å². The Kier molecular flexibility index (Phi) is 5.55. The van der Waals surface area contributed by atoms with Gasteiger partial charge in [-0.25, -0.2) is 13.1 Å². The highest BCUT2D eigenvalue weighted by atomic mass is 32.2. The minimum absolute atomic E-state index is 0.00107. The zero-order valence-corrected chi connectivity index (χ0v) is 12.2. The fourth-order valence-electron chi connectivity index (χ4n) is 1.56. The predicted molar refractivity (Wildman–Crippen MR) is 75.2 cm³/mol. The SMILES string of the molecule is Cc1ccc(C#CCCO)cc1S(=O)(=O)NC(C)C. The number of benzene rings is 1. The standard InChI is InChI=1S/C14H19NO3S/c1-11(2)15-19(17,18)14-10-13(6-4-5-9-16)8-7-12(14)3/h7-8,10-11,15-16H,5,9H2,1-3H3. The van der Waals surface area contributed by atoms with Crippen LogP contribution in [0.4, 0.5) is 0 Å². The molecular formula is C14H19NO3S. The van der Waals surface area contributed by atoms with Crippen molar-refractivity contribution < 1.29 is 13.5 Å². The summed E-state index contributed by atoms with van der Waals surface area (Å²) < 4.78 is 26.8. The Bertz CT molecular complexity index is 595. The third-order valence-electron chi connectivity index (χ3n) is 2.34. The molecule has 0 saturated heterocycles. The van der Waals surface area contributed by atoms with Crippen molar-refractivity contribution in [2.75, 3.05) is 6.61 Å². The molecule has 1 aromatic rings. The zero-order valence-electron chi connectivity index (χ0n) is 11.4. The normalized spacial score (nSPS) is 11.2. The van der Waals surface area contributed by atoms with Gasteiger partial charge in [-0.3, -0.25) is 0 Å². The summed E-state index contributed by atoms with van der Waals surface area (Å²) in [6, 6.07) is 4.91. The minimum atomic E-state index is -3.51. The lowest BCUT2D eigenvalue weighted by Crippen LogP contribution is -2.30. The molecule has 0 fully saturated rings. The highest BCUT2D eigenvalue weighted by Gasteiger charge is 2.17. The molecule has 0 aliphatic heterocycles. The molecule has 0 amide bonds. The van der Waals surface area contributed by atoms with E-state index < -0.39 is 10.0 Å². The van der Waals surface area contributed by atoms with Gasteiger partial charge in [-0.15, -0.1) is 0 Å². The lowest BCUT2D eigenvalue weighted by Gasteiger charge is -2.12. The minimum Gasteiger partial charge on any atom is -0.395 e. The van der Waals surface area contributed by atoms with Crippen LogP contribution in [0.3, 0.4) is 0 Å². The molecule has 0 atom stereocenters. The van der Waals surface area contributed by atoms with Gasteiger partial charge in [0, 0.05) is 18.0 Å². The van der Waals surface area contributed by atoms with Gasteiger partial charge in [0.1, 0.15) is 0 Å². The second-order valence-corrected chi connectivity index (χ2v) is 6.21. The van der Waals surface area contributed by atoms with Crippen LogP contribution in [0.15, 0.2) is 23.1 Å². The number of nitrogens with one attached hydrogen (secondary N) is 1. The molecule has 4 nitrogen and oxygen atoms in total. The number of aryl methyl sites for hydroxylation is 1. The van der Waals surface area contributed by atoms with Crippen LogP contribution in [0.5, 0.6) is 0 Å². The number of hydrogen-bond acceptors (Lipinski definition) is 3. The second-order valence-electron chi connectivity index (χ2n) is 4.53. The van der Waals surface area contributed by atoms with Gasteiger partial charge in [0.05, 0.1) is 11.5 Å². The van der Waals surface area contributed by atoms with Crippen molar-refractivity contribution in [3.05, 3.63) is 29.3 Å². The van der Waals surface area contributed by atoms with Gasteiger partial charge in [-0.05, 0) is 38.5 Å². The maximum atomic E-state index is 12.1. The largest absolute Gasteiger partial charge is 0.395 e. The van der Waals surface area contributed by atoms with Crippen LogP contribution < -0.4 is 4.72 Å². The first-order valence-corrected chi connectivity index (χ1v) is 7.58. The molecule has 0 aromatic heterocycles. The summed E-state index contributed by atoms with van der Waals surface area (Å²) in [5.74, 6) is 5.61. The molecule has 0 spiro atoms. The van der Waals surface area contributed by atoms with Gasteiger partial charge in [0.15, 0.2) is 0 Å². The Balaban J connectivity index is 3.15. The fraction of sp³-hybridized carbons (Fsp3) is 0.429. The maximum absolute atomic E-state index is 12.1. The lowest BCUT2D eigenvalue weighted by atomic mass is 10.1. The average molecular weight is 281 g/mol. The summed E-state index contributed by atoms with van der Waals surface area (Å²) in [6.07, 6.45) is 0.375. The van der Waals surface area contributed by atoms with Gasteiger partial charge >= 0.3 is 0 Å². The Morgan fingerprint density at radius 1 is 1.37 bits per heavy atom. The van der Waals surface area contributed by atoms with E-state index in [0.29, 0.717) is 17.5 Å². The van der Waals surface area contributed by atoms with Crippen LogP contribution >= 0.6 is 0 Å². The molecule has 0 bridgehead atoms. The number of rotatable bonds is 4. The van der Waals surface area contributed by atoms with Crippen LogP contribution in [-0.2, 0) is 10.0 Å². The van der Waals surface area contributed by atoms with Gasteiger partial charge < -0.3 is 5.11 Å². The van der Waals surface area contributed by atoms with Gasteiger partial charge in [0.2, 0.25) is 10.0 Å². The van der Waals surface area contributed by atoms with E-state index >= 15 is 0 Å². The van der Waals surface area contributed by atoms with Crippen molar-refractivity contribution in [2.24, 2.45) is 0 Å². The first-order chi connectivity index (χ1) is 8.86. The molecule has 0 aliphatic rings. The van der Waals surface area contributed by atoms with Crippen LogP contribution in [0.25, 0.3) is 0 Å². The average Bonchev–Trinajstić information content (AvgIpc) is 2.29. The summed E-state index contributed by atoms with van der Waals surface area (Å²) in [5, 5.41) is 8.66. The van der Waals surface area contributed by atoms with E-state index in [1.54, 1.807) is 39.0 Å². The summed E-state index contributed by atoms with van der Waals surface area (Å²) in [6.45, 7) is 5.30. The highest BCUT2D eigenvalue weighted by Crippen LogP contribution is 2.17. The summed E-state index contributed by atoms with van der Waals surface area (Å²) in [4.78, 5) is 0.247. The van der Waals surface area contributed by atoms with Gasteiger partial charge in [-0.2, -0.15) is 0 Å². The molecular weight excluding hydrogens is 262 g/mol. The zero-order chi connectivity index (χ0) is 14.5. The molecule has 1 rings (SSSR count). The fourth-order valence-corrected chi connectivity index (χ4v) is 3.08. The molecule has 0 heterocycles. The summed E-state index contributed by atoms with van der Waals surface area (Å²) in [7, 11) is -3.51. The molecule has 0 unspecified atom stereocenters. The van der Waals surface area contributed by atoms with E-state index in [0.717, 1.165) is 0 Å². The van der Waals surface area contributed by atoms with Gasteiger partial charge in [0.25, 0.3) is 0 Å². The molecule has 104 valence electrons. The smallest absolute Gasteiger partial charge is 0.241 e. The predicted octanol–water partition coefficient (Wildman–Crippen LogP) is 1.42. The van der Waals surface area contributed by atoms with Crippen molar-refractivity contribution >= 4 is 10.0 Å². The molecule has 5 heteroatoms. The van der Waals surface area contributed by atoms with Crippen LogP contribution in [-0.4, -0.2) is 26.2 Å². The molecule has 0 aliphatic carbocycles. The number of aliphatic hydroxyl groups is 1. The van der Waals surface area contributed by atoms with Crippen LogP contribution in [0, 0.1) is 18.8 Å². The highest BCUT2D eigenvalue weighted by molar-refractivity contribution is 7.89. The van der Waals surface area contributed by atoms with Crippen molar-refractivity contribution in [1.29, 1.82) is 0 Å². The number of sulfonamides is 1. The second kappa shape index (κ2) is 6.71. The topological polar surface area (TPSA) is 66.4 Å². The molecule has 2 N–H and O–H groups in total. The first kappa shape index (κ1) is 15.7. The monoisotopic (exact) mass is 281 g/mol. The molecule has 19 heavy (non-hydrogen) atoms. The van der Waals surface area contributed by atoms with E-state index in [1.807, 2.05) is 0 Å². The molecule has 0 saturated carbocycles. The van der Waals surface area contributed by atoms with E-state index in [9.17, 15) is 8.42 Å². The van der Waals surface area contributed by atoms with E-state index in [-0.39, 0.29) is 17.5 Å². The summed E-state index contributed by atoms with van der Waals surface area (Å²) >= 11 is 0. The lowest BCUT2D eigenvalue weighted by molar-refractivity contribution is 0.305. The van der Waals surface area contributed by atoms with Crippen LogP contribution in [0.2, 0.25) is 0 Å². The molecule has 1 aromatic carbocycles. The Morgan fingerprint density at radius 2 is 2.05 bits per heavy atom. The quantitative estimate of drug-likeness (QED) is 0.820. The van der Waals surface area contributed by atoms with Crippen molar-refractivity contribution in [1.82, 2.24) is 4.72 Å². The maximum Gasteiger partial charge on any atom is 0.241 e. The van der Waals surface area contributed by atoms with E-state index in [2.05, 4.69) is 16.6 Å². The van der Waals surface area contributed by atoms with E-state index in [4.69, 9.17) is 5.11 Å². The third kappa shape index (κ3) is 4.67. The molecule has 0 radical (unpaired) electrons. The van der Waals surface area contributed by atoms with Crippen molar-refractivity contribution in [2.45, 2.75) is 38.1 Å². The number of aliphatic hydroxyl groups excluding tert-OH is 1. The van der Waals surface area contributed by atoms with Crippen LogP contribution in [0.1, 0.15) is 31.4 Å². The number of hydrogen-bond donors (Lipinski definition) is 2. The Labute approximate surface area is 114 Å². The Morgan fingerprint density at radius 3 is 2.63 bits per heavy atom. The first-order valence-electron chi connectivity index (χ1n) is 6.09. The third-order valence-corrected chi connectivity index (χ3v) is 4.14. The van der Waals surface area contributed by atoms with Crippen molar-refractivity contribution in [3.63, 3.8) is 0 Å².